The summed E-state index contributed by atoms with van der Waals surface area (Å²) in [4.78, 5) is 36.4. The summed E-state index contributed by atoms with van der Waals surface area (Å²) in [5.41, 5.74) is 1.60. The quantitative estimate of drug-likeness (QED) is 0.848. The number of carbonyl (C=O) groups is 2. The van der Waals surface area contributed by atoms with Crippen LogP contribution >= 0.6 is 0 Å². The number of aromatic nitrogens is 2. The van der Waals surface area contributed by atoms with Crippen molar-refractivity contribution < 1.29 is 14.7 Å². The van der Waals surface area contributed by atoms with Gasteiger partial charge in [0.05, 0.1) is 6.33 Å². The van der Waals surface area contributed by atoms with Crippen LogP contribution in [0.5, 0.6) is 5.75 Å². The molecule has 148 valence electrons. The van der Waals surface area contributed by atoms with Crippen molar-refractivity contribution in [2.75, 3.05) is 26.2 Å². The Bertz CT molecular complexity index is 834. The third kappa shape index (κ3) is 3.88. The molecular weight excluding hydrogens is 356 g/mol. The van der Waals surface area contributed by atoms with Crippen LogP contribution in [0, 0.1) is 5.41 Å². The van der Waals surface area contributed by atoms with E-state index in [2.05, 4.69) is 9.97 Å². The third-order valence-corrected chi connectivity index (χ3v) is 6.02. The van der Waals surface area contributed by atoms with E-state index in [1.807, 2.05) is 9.80 Å². The molecule has 7 nitrogen and oxygen atoms in total. The van der Waals surface area contributed by atoms with Gasteiger partial charge >= 0.3 is 0 Å². The number of piperidine rings is 2. The molecule has 7 heteroatoms. The second kappa shape index (κ2) is 7.66. The molecule has 2 aromatic rings. The van der Waals surface area contributed by atoms with Gasteiger partial charge in [0.2, 0.25) is 5.91 Å². The van der Waals surface area contributed by atoms with E-state index in [-0.39, 0.29) is 23.0 Å². The minimum Gasteiger partial charge on any atom is -0.508 e. The Kier molecular flexibility index (Phi) is 5.07. The average Bonchev–Trinajstić information content (AvgIpc) is 3.23. The first-order valence-corrected chi connectivity index (χ1v) is 9.88. The number of benzene rings is 1. The van der Waals surface area contributed by atoms with E-state index in [0.29, 0.717) is 31.6 Å². The fourth-order valence-corrected chi connectivity index (χ4v) is 4.48. The molecule has 0 saturated carbocycles. The largest absolute Gasteiger partial charge is 0.508 e. The van der Waals surface area contributed by atoms with Crippen LogP contribution in [0.25, 0.3) is 0 Å². The molecule has 0 aliphatic carbocycles. The van der Waals surface area contributed by atoms with Crippen LogP contribution in [0.15, 0.2) is 36.8 Å². The summed E-state index contributed by atoms with van der Waals surface area (Å²) >= 11 is 0. The van der Waals surface area contributed by atoms with Crippen LogP contribution in [0.2, 0.25) is 0 Å². The first-order valence-electron chi connectivity index (χ1n) is 9.88. The highest BCUT2D eigenvalue weighted by Crippen LogP contribution is 2.39. The number of nitrogens with zero attached hydrogens (tertiary/aromatic N) is 3. The third-order valence-electron chi connectivity index (χ3n) is 6.02. The van der Waals surface area contributed by atoms with Gasteiger partial charge in [-0.15, -0.1) is 0 Å². The van der Waals surface area contributed by atoms with Crippen molar-refractivity contribution in [1.82, 2.24) is 19.8 Å². The number of hydrogen-bond donors (Lipinski definition) is 2. The Morgan fingerprint density at radius 3 is 2.79 bits per heavy atom. The molecule has 4 rings (SSSR count). The van der Waals surface area contributed by atoms with Crippen molar-refractivity contribution >= 4 is 11.8 Å². The van der Waals surface area contributed by atoms with Crippen LogP contribution in [-0.4, -0.2) is 62.9 Å². The molecule has 2 N–H and O–H groups in total. The fraction of sp³-hybridized carbons (Fsp3) is 0.476. The number of aromatic amines is 1. The summed E-state index contributed by atoms with van der Waals surface area (Å²) in [6, 6.07) is 6.42. The predicted octanol–water partition coefficient (Wildman–Crippen LogP) is 2.20. The molecule has 1 aromatic heterocycles. The van der Waals surface area contributed by atoms with E-state index >= 15 is 0 Å². The van der Waals surface area contributed by atoms with Crippen LogP contribution in [0.4, 0.5) is 0 Å². The lowest BCUT2D eigenvalue weighted by Gasteiger charge is -2.48. The Morgan fingerprint density at radius 1 is 1.21 bits per heavy atom. The zero-order chi connectivity index (χ0) is 19.6. The van der Waals surface area contributed by atoms with Gasteiger partial charge in [0.15, 0.2) is 0 Å². The number of phenols is 1. The highest BCUT2D eigenvalue weighted by molar-refractivity contribution is 5.94. The zero-order valence-corrected chi connectivity index (χ0v) is 15.9. The molecule has 0 bridgehead atoms. The molecule has 1 unspecified atom stereocenters. The lowest BCUT2D eigenvalue weighted by atomic mass is 9.73. The topological polar surface area (TPSA) is 89.5 Å². The van der Waals surface area contributed by atoms with Crippen molar-refractivity contribution in [3.05, 3.63) is 48.0 Å². The summed E-state index contributed by atoms with van der Waals surface area (Å²) in [6.45, 7) is 2.80. The number of amides is 2. The summed E-state index contributed by atoms with van der Waals surface area (Å²) < 4.78 is 0. The number of aromatic hydroxyl groups is 1. The SMILES string of the molecule is O=C1CCC2(CCCN(C(=O)c3ccc(O)cc3)C2)CN1CCc1cnc[nH]1. The number of hydrogen-bond acceptors (Lipinski definition) is 4. The molecule has 2 fully saturated rings. The number of phenolic OH excluding ortho intramolecular Hbond substituents is 1. The minimum atomic E-state index is -0.0211. The van der Waals surface area contributed by atoms with Crippen LogP contribution < -0.4 is 0 Å². The molecule has 1 aromatic carbocycles. The highest BCUT2D eigenvalue weighted by Gasteiger charge is 2.42. The van der Waals surface area contributed by atoms with Crippen LogP contribution in [0.1, 0.15) is 41.7 Å². The predicted molar refractivity (Wildman–Crippen MR) is 104 cm³/mol. The van der Waals surface area contributed by atoms with Gasteiger partial charge in [-0.2, -0.15) is 0 Å². The van der Waals surface area contributed by atoms with Gasteiger partial charge in [0, 0.05) is 61.9 Å². The van der Waals surface area contributed by atoms with E-state index in [1.165, 1.54) is 0 Å². The lowest BCUT2D eigenvalue weighted by molar-refractivity contribution is -0.138. The summed E-state index contributed by atoms with van der Waals surface area (Å²) in [5.74, 6) is 0.359. The molecule has 2 aliphatic heterocycles. The Hall–Kier alpha value is -2.83. The maximum atomic E-state index is 12.9. The van der Waals surface area contributed by atoms with E-state index in [0.717, 1.165) is 37.9 Å². The Labute approximate surface area is 164 Å². The van der Waals surface area contributed by atoms with Gasteiger partial charge in [-0.3, -0.25) is 9.59 Å². The van der Waals surface area contributed by atoms with Gasteiger partial charge in [-0.1, -0.05) is 0 Å². The molecule has 28 heavy (non-hydrogen) atoms. The standard InChI is InChI=1S/C21H26N4O3/c26-18-4-2-16(3-5-18)20(28)25-10-1-8-21(14-25)9-6-19(27)24(13-21)11-7-17-12-22-15-23-17/h2-5,12,15,26H,1,6-11,13-14H2,(H,22,23). The first kappa shape index (κ1) is 18.5. The van der Waals surface area contributed by atoms with Gasteiger partial charge in [0.1, 0.15) is 5.75 Å². The van der Waals surface area contributed by atoms with Crippen molar-refractivity contribution in [3.63, 3.8) is 0 Å². The second-order valence-electron chi connectivity index (χ2n) is 8.02. The lowest BCUT2D eigenvalue weighted by Crippen LogP contribution is -2.55. The molecule has 2 aliphatic rings. The van der Waals surface area contributed by atoms with Crippen LogP contribution in [0.3, 0.4) is 0 Å². The highest BCUT2D eigenvalue weighted by atomic mass is 16.3. The summed E-state index contributed by atoms with van der Waals surface area (Å²) in [7, 11) is 0. The van der Waals surface area contributed by atoms with Crippen molar-refractivity contribution in [2.24, 2.45) is 5.41 Å². The second-order valence-corrected chi connectivity index (χ2v) is 8.02. The van der Waals surface area contributed by atoms with E-state index in [1.54, 1.807) is 36.8 Å². The molecule has 1 spiro atoms. The smallest absolute Gasteiger partial charge is 0.253 e. The number of imidazole rings is 1. The Morgan fingerprint density at radius 2 is 2.04 bits per heavy atom. The number of likely N-dealkylation sites (tertiary alicyclic amines) is 2. The molecular formula is C21H26N4O3. The van der Waals surface area contributed by atoms with Gasteiger partial charge in [0.25, 0.3) is 5.91 Å². The van der Waals surface area contributed by atoms with Gasteiger partial charge < -0.3 is 19.9 Å². The van der Waals surface area contributed by atoms with E-state index in [4.69, 9.17) is 0 Å². The number of nitrogens with one attached hydrogen (secondary N) is 1. The van der Waals surface area contributed by atoms with E-state index < -0.39 is 0 Å². The molecule has 2 saturated heterocycles. The van der Waals surface area contributed by atoms with Crippen molar-refractivity contribution in [1.29, 1.82) is 0 Å². The van der Waals surface area contributed by atoms with Gasteiger partial charge in [-0.05, 0) is 43.5 Å². The monoisotopic (exact) mass is 382 g/mol. The first-order chi connectivity index (χ1) is 13.5. The molecule has 2 amide bonds. The number of H-pyrrole nitrogens is 1. The zero-order valence-electron chi connectivity index (χ0n) is 15.9. The van der Waals surface area contributed by atoms with E-state index in [9.17, 15) is 14.7 Å². The fourth-order valence-electron chi connectivity index (χ4n) is 4.48. The average molecular weight is 382 g/mol. The molecule has 0 radical (unpaired) electrons. The molecule has 3 heterocycles. The number of rotatable bonds is 4. The maximum absolute atomic E-state index is 12.9. The summed E-state index contributed by atoms with van der Waals surface area (Å²) in [6.07, 6.45) is 7.59. The molecule has 1 atom stereocenters. The maximum Gasteiger partial charge on any atom is 0.253 e. The van der Waals surface area contributed by atoms with Crippen molar-refractivity contribution in [3.8, 4) is 5.75 Å². The Balaban J connectivity index is 1.43. The van der Waals surface area contributed by atoms with Gasteiger partial charge in [-0.25, -0.2) is 4.98 Å². The minimum absolute atomic E-state index is 0.0000139. The summed E-state index contributed by atoms with van der Waals surface area (Å²) in [5, 5.41) is 9.45. The van der Waals surface area contributed by atoms with Crippen LogP contribution in [-0.2, 0) is 11.2 Å². The number of carbonyl (C=O) groups excluding carboxylic acids is 2. The normalized spacial score (nSPS) is 22.6. The van der Waals surface area contributed by atoms with Crippen molar-refractivity contribution in [2.45, 2.75) is 32.1 Å².